The molecular formula is C16H17BrN4S. The molecule has 2 aromatic carbocycles. The van der Waals surface area contributed by atoms with E-state index in [1.807, 2.05) is 67.5 Å². The number of nitrogens with zero attached hydrogens (tertiary/aromatic N) is 2. The Kier molecular flexibility index (Phi) is 5.91. The minimum atomic E-state index is 0.450. The van der Waals surface area contributed by atoms with Crippen LogP contribution in [0.5, 0.6) is 0 Å². The summed E-state index contributed by atoms with van der Waals surface area (Å²) in [6.45, 7) is 0. The van der Waals surface area contributed by atoms with Crippen molar-refractivity contribution in [2.75, 3.05) is 24.3 Å². The van der Waals surface area contributed by atoms with Gasteiger partial charge in [0, 0.05) is 24.3 Å². The molecule has 0 spiro atoms. The average Bonchev–Trinajstić information content (AvgIpc) is 2.48. The number of halogens is 1. The number of hydrazone groups is 1. The normalized spacial score (nSPS) is 10.5. The van der Waals surface area contributed by atoms with Gasteiger partial charge in [-0.05, 0) is 58.0 Å². The minimum Gasteiger partial charge on any atom is -0.377 e. The van der Waals surface area contributed by atoms with Gasteiger partial charge >= 0.3 is 0 Å². The topological polar surface area (TPSA) is 39.7 Å². The van der Waals surface area contributed by atoms with Crippen LogP contribution in [0.3, 0.4) is 0 Å². The average molecular weight is 377 g/mol. The summed E-state index contributed by atoms with van der Waals surface area (Å²) in [6, 6.07) is 15.8. The van der Waals surface area contributed by atoms with E-state index in [0.717, 1.165) is 21.4 Å². The third-order valence-corrected chi connectivity index (χ3v) is 3.69. The molecule has 22 heavy (non-hydrogen) atoms. The van der Waals surface area contributed by atoms with Crippen LogP contribution in [0.1, 0.15) is 5.56 Å². The minimum absolute atomic E-state index is 0.450. The Morgan fingerprint density at radius 1 is 1.18 bits per heavy atom. The Morgan fingerprint density at radius 3 is 2.55 bits per heavy atom. The molecule has 2 N–H and O–H groups in total. The summed E-state index contributed by atoms with van der Waals surface area (Å²) in [4.78, 5) is 2.04. The molecule has 0 radical (unpaired) electrons. The summed E-state index contributed by atoms with van der Waals surface area (Å²) in [5, 5.41) is 7.64. The highest BCUT2D eigenvalue weighted by molar-refractivity contribution is 9.10. The van der Waals surface area contributed by atoms with Crippen molar-refractivity contribution in [3.8, 4) is 0 Å². The van der Waals surface area contributed by atoms with Crippen LogP contribution < -0.4 is 15.6 Å². The van der Waals surface area contributed by atoms with E-state index in [9.17, 15) is 0 Å². The number of rotatable bonds is 4. The van der Waals surface area contributed by atoms with Gasteiger partial charge in [-0.1, -0.05) is 24.3 Å². The van der Waals surface area contributed by atoms with E-state index >= 15 is 0 Å². The fraction of sp³-hybridized carbons (Fsp3) is 0.125. The van der Waals surface area contributed by atoms with Gasteiger partial charge in [0.05, 0.1) is 11.9 Å². The second kappa shape index (κ2) is 7.91. The van der Waals surface area contributed by atoms with Crippen molar-refractivity contribution < 1.29 is 0 Å². The second-order valence-corrected chi connectivity index (χ2v) is 6.06. The number of hydrogen-bond acceptors (Lipinski definition) is 3. The Balaban J connectivity index is 1.92. The van der Waals surface area contributed by atoms with Crippen molar-refractivity contribution in [1.82, 2.24) is 5.43 Å². The van der Waals surface area contributed by atoms with Gasteiger partial charge in [-0.25, -0.2) is 0 Å². The van der Waals surface area contributed by atoms with Gasteiger partial charge < -0.3 is 10.2 Å². The number of hydrogen-bond donors (Lipinski definition) is 2. The molecule has 0 saturated carbocycles. The first kappa shape index (κ1) is 16.5. The molecule has 2 rings (SSSR count). The van der Waals surface area contributed by atoms with Gasteiger partial charge in [0.1, 0.15) is 0 Å². The van der Waals surface area contributed by atoms with E-state index in [0.29, 0.717) is 5.11 Å². The number of nitrogens with one attached hydrogen (secondary N) is 2. The van der Waals surface area contributed by atoms with Crippen LogP contribution in [0.2, 0.25) is 0 Å². The van der Waals surface area contributed by atoms with Gasteiger partial charge in [-0.2, -0.15) is 5.10 Å². The number of benzene rings is 2. The standard InChI is InChI=1S/C16H17BrN4S/c1-21(2)15-9-8-12(10-14(15)17)11-18-20-16(22)19-13-6-4-3-5-7-13/h3-11H,1-2H3,(H2,19,20,22)/b18-11+. The largest absolute Gasteiger partial charge is 0.377 e. The highest BCUT2D eigenvalue weighted by atomic mass is 79.9. The molecule has 0 heterocycles. The molecular weight excluding hydrogens is 360 g/mol. The monoisotopic (exact) mass is 376 g/mol. The van der Waals surface area contributed by atoms with Crippen LogP contribution in [0, 0.1) is 0 Å². The zero-order valence-corrected chi connectivity index (χ0v) is 14.8. The molecule has 0 atom stereocenters. The van der Waals surface area contributed by atoms with Crippen molar-refractivity contribution in [2.45, 2.75) is 0 Å². The predicted molar refractivity (Wildman–Crippen MR) is 102 cm³/mol. The molecule has 0 aromatic heterocycles. The van der Waals surface area contributed by atoms with Gasteiger partial charge in [-0.15, -0.1) is 0 Å². The third-order valence-electron chi connectivity index (χ3n) is 2.86. The summed E-state index contributed by atoms with van der Waals surface area (Å²) in [7, 11) is 4.01. The quantitative estimate of drug-likeness (QED) is 0.483. The molecule has 2 aromatic rings. The highest BCUT2D eigenvalue weighted by Crippen LogP contribution is 2.25. The van der Waals surface area contributed by atoms with Crippen molar-refractivity contribution in [3.63, 3.8) is 0 Å². The van der Waals surface area contributed by atoms with E-state index in [1.54, 1.807) is 6.21 Å². The Labute approximate surface area is 144 Å². The molecule has 114 valence electrons. The van der Waals surface area contributed by atoms with Crippen molar-refractivity contribution >= 4 is 50.8 Å². The molecule has 4 nitrogen and oxygen atoms in total. The third kappa shape index (κ3) is 4.82. The van der Waals surface area contributed by atoms with E-state index in [4.69, 9.17) is 12.2 Å². The van der Waals surface area contributed by atoms with Gasteiger partial charge in [0.15, 0.2) is 5.11 Å². The molecule has 0 aliphatic heterocycles. The Hall–Kier alpha value is -1.92. The van der Waals surface area contributed by atoms with Gasteiger partial charge in [0.25, 0.3) is 0 Å². The molecule has 0 fully saturated rings. The summed E-state index contributed by atoms with van der Waals surface area (Å²) in [5.41, 5.74) is 5.82. The first-order valence-electron chi connectivity index (χ1n) is 6.68. The van der Waals surface area contributed by atoms with E-state index in [2.05, 4.69) is 31.8 Å². The molecule has 6 heteroatoms. The van der Waals surface area contributed by atoms with Crippen LogP contribution in [-0.2, 0) is 0 Å². The van der Waals surface area contributed by atoms with Crippen LogP contribution in [0.4, 0.5) is 11.4 Å². The van der Waals surface area contributed by atoms with E-state index in [-0.39, 0.29) is 0 Å². The maximum Gasteiger partial charge on any atom is 0.191 e. The van der Waals surface area contributed by atoms with Crippen LogP contribution in [-0.4, -0.2) is 25.4 Å². The zero-order chi connectivity index (χ0) is 15.9. The SMILES string of the molecule is CN(C)c1ccc(/C=N/NC(=S)Nc2ccccc2)cc1Br. The molecule has 0 amide bonds. The number of thiocarbonyl (C=S) groups is 1. The maximum atomic E-state index is 5.18. The Bertz CT molecular complexity index is 671. The summed E-state index contributed by atoms with van der Waals surface area (Å²) < 4.78 is 1.02. The first-order valence-corrected chi connectivity index (χ1v) is 7.88. The fourth-order valence-electron chi connectivity index (χ4n) is 1.81. The number of para-hydroxylation sites is 1. The highest BCUT2D eigenvalue weighted by Gasteiger charge is 2.02. The second-order valence-electron chi connectivity index (χ2n) is 4.80. The molecule has 0 bridgehead atoms. The number of anilines is 2. The fourth-order valence-corrected chi connectivity index (χ4v) is 2.73. The van der Waals surface area contributed by atoms with Crippen LogP contribution in [0.25, 0.3) is 0 Å². The van der Waals surface area contributed by atoms with E-state index in [1.165, 1.54) is 0 Å². The molecule has 0 unspecified atom stereocenters. The maximum absolute atomic E-state index is 5.18. The van der Waals surface area contributed by atoms with E-state index < -0.39 is 0 Å². The van der Waals surface area contributed by atoms with Gasteiger partial charge in [0.2, 0.25) is 0 Å². The lowest BCUT2D eigenvalue weighted by Gasteiger charge is -2.14. The lowest BCUT2D eigenvalue weighted by atomic mass is 10.2. The van der Waals surface area contributed by atoms with Crippen molar-refractivity contribution in [3.05, 3.63) is 58.6 Å². The zero-order valence-electron chi connectivity index (χ0n) is 12.4. The Morgan fingerprint density at radius 2 is 1.91 bits per heavy atom. The van der Waals surface area contributed by atoms with Crippen LogP contribution in [0.15, 0.2) is 58.1 Å². The molecule has 0 aliphatic carbocycles. The lowest BCUT2D eigenvalue weighted by Crippen LogP contribution is -2.23. The summed E-state index contributed by atoms with van der Waals surface area (Å²) in [6.07, 6.45) is 1.73. The van der Waals surface area contributed by atoms with Crippen molar-refractivity contribution in [1.29, 1.82) is 0 Å². The first-order chi connectivity index (χ1) is 10.6. The summed E-state index contributed by atoms with van der Waals surface area (Å²) >= 11 is 8.73. The smallest absolute Gasteiger partial charge is 0.191 e. The summed E-state index contributed by atoms with van der Waals surface area (Å²) in [5.74, 6) is 0. The van der Waals surface area contributed by atoms with Crippen molar-refractivity contribution in [2.24, 2.45) is 5.10 Å². The van der Waals surface area contributed by atoms with Gasteiger partial charge in [-0.3, -0.25) is 5.43 Å². The lowest BCUT2D eigenvalue weighted by molar-refractivity contribution is 1.05. The predicted octanol–water partition coefficient (Wildman–Crippen LogP) is 3.84. The molecule has 0 aliphatic rings. The van der Waals surface area contributed by atoms with Crippen LogP contribution >= 0.6 is 28.1 Å². The molecule has 0 saturated heterocycles.